The van der Waals surface area contributed by atoms with Gasteiger partial charge in [-0.15, -0.1) is 0 Å². The Labute approximate surface area is 161 Å². The van der Waals surface area contributed by atoms with Gasteiger partial charge in [-0.05, 0) is 43.9 Å². The van der Waals surface area contributed by atoms with Crippen LogP contribution in [0.3, 0.4) is 0 Å². The van der Waals surface area contributed by atoms with Gasteiger partial charge in [0.1, 0.15) is 0 Å². The lowest BCUT2D eigenvalue weighted by atomic mass is 10.1. The SMILES string of the molecule is CCCOc1ccccc1Oc1ncccc1CN=C(N)N1CCCCC1. The Kier molecular flexibility index (Phi) is 6.90. The summed E-state index contributed by atoms with van der Waals surface area (Å²) in [5.74, 6) is 2.49. The van der Waals surface area contributed by atoms with Gasteiger partial charge >= 0.3 is 0 Å². The molecule has 1 aliphatic heterocycles. The van der Waals surface area contributed by atoms with Crippen molar-refractivity contribution in [2.75, 3.05) is 19.7 Å². The van der Waals surface area contributed by atoms with E-state index in [0.717, 1.165) is 25.1 Å². The van der Waals surface area contributed by atoms with Crippen molar-refractivity contribution in [3.63, 3.8) is 0 Å². The van der Waals surface area contributed by atoms with Gasteiger partial charge in [0.05, 0.1) is 13.2 Å². The molecule has 0 aliphatic carbocycles. The first kappa shape index (κ1) is 19.0. The summed E-state index contributed by atoms with van der Waals surface area (Å²) in [4.78, 5) is 11.1. The fourth-order valence-electron chi connectivity index (χ4n) is 3.00. The number of likely N-dealkylation sites (tertiary alicyclic amines) is 1. The van der Waals surface area contributed by atoms with Gasteiger partial charge in [-0.2, -0.15) is 0 Å². The highest BCUT2D eigenvalue weighted by Gasteiger charge is 2.13. The number of ether oxygens (including phenoxy) is 2. The highest BCUT2D eigenvalue weighted by atomic mass is 16.5. The van der Waals surface area contributed by atoms with Crippen LogP contribution in [-0.2, 0) is 6.54 Å². The number of rotatable bonds is 7. The number of benzene rings is 1. The van der Waals surface area contributed by atoms with E-state index in [1.165, 1.54) is 19.3 Å². The topological polar surface area (TPSA) is 73.0 Å². The van der Waals surface area contributed by atoms with Gasteiger partial charge in [-0.25, -0.2) is 9.98 Å². The van der Waals surface area contributed by atoms with Gasteiger partial charge in [0.25, 0.3) is 0 Å². The number of nitrogens with two attached hydrogens (primary N) is 1. The van der Waals surface area contributed by atoms with Crippen molar-refractivity contribution >= 4 is 5.96 Å². The summed E-state index contributed by atoms with van der Waals surface area (Å²) in [7, 11) is 0. The van der Waals surface area contributed by atoms with E-state index in [1.807, 2.05) is 36.4 Å². The normalized spacial score (nSPS) is 14.9. The molecule has 0 unspecified atom stereocenters. The zero-order valence-corrected chi connectivity index (χ0v) is 15.9. The first-order chi connectivity index (χ1) is 13.3. The molecule has 27 heavy (non-hydrogen) atoms. The molecular weight excluding hydrogens is 340 g/mol. The highest BCUT2D eigenvalue weighted by Crippen LogP contribution is 2.32. The minimum Gasteiger partial charge on any atom is -0.490 e. The number of aromatic nitrogens is 1. The van der Waals surface area contributed by atoms with Crippen molar-refractivity contribution in [3.8, 4) is 17.4 Å². The van der Waals surface area contributed by atoms with E-state index in [4.69, 9.17) is 15.2 Å². The van der Waals surface area contributed by atoms with Crippen molar-refractivity contribution in [3.05, 3.63) is 48.2 Å². The summed E-state index contributed by atoms with van der Waals surface area (Å²) >= 11 is 0. The van der Waals surface area contributed by atoms with Crippen LogP contribution in [0.1, 0.15) is 38.2 Å². The number of piperidine rings is 1. The third-order valence-electron chi connectivity index (χ3n) is 4.46. The zero-order valence-electron chi connectivity index (χ0n) is 15.9. The van der Waals surface area contributed by atoms with Gasteiger partial charge in [-0.3, -0.25) is 0 Å². The summed E-state index contributed by atoms with van der Waals surface area (Å²) in [5.41, 5.74) is 7.06. The van der Waals surface area contributed by atoms with E-state index >= 15 is 0 Å². The molecule has 0 saturated carbocycles. The van der Waals surface area contributed by atoms with Crippen LogP contribution in [0.4, 0.5) is 0 Å². The van der Waals surface area contributed by atoms with Crippen molar-refractivity contribution in [1.82, 2.24) is 9.88 Å². The molecule has 6 nitrogen and oxygen atoms in total. The molecule has 1 aromatic heterocycles. The average Bonchev–Trinajstić information content (AvgIpc) is 2.73. The first-order valence-corrected chi connectivity index (χ1v) is 9.66. The monoisotopic (exact) mass is 368 g/mol. The van der Waals surface area contributed by atoms with E-state index in [-0.39, 0.29) is 0 Å². The Morgan fingerprint density at radius 2 is 1.89 bits per heavy atom. The van der Waals surface area contributed by atoms with Crippen molar-refractivity contribution in [1.29, 1.82) is 0 Å². The Morgan fingerprint density at radius 3 is 2.67 bits per heavy atom. The van der Waals surface area contributed by atoms with Gasteiger partial charge in [0.15, 0.2) is 17.5 Å². The molecule has 1 aromatic carbocycles. The van der Waals surface area contributed by atoms with E-state index in [1.54, 1.807) is 6.20 Å². The van der Waals surface area contributed by atoms with Crippen molar-refractivity contribution in [2.24, 2.45) is 10.7 Å². The molecule has 0 amide bonds. The minimum absolute atomic E-state index is 0.434. The largest absolute Gasteiger partial charge is 0.490 e. The van der Waals surface area contributed by atoms with Gasteiger partial charge in [-0.1, -0.05) is 25.1 Å². The molecule has 144 valence electrons. The first-order valence-electron chi connectivity index (χ1n) is 9.66. The van der Waals surface area contributed by atoms with Crippen LogP contribution in [0.5, 0.6) is 17.4 Å². The molecule has 2 heterocycles. The van der Waals surface area contributed by atoms with E-state index < -0.39 is 0 Å². The molecule has 1 saturated heterocycles. The van der Waals surface area contributed by atoms with Crippen LogP contribution in [0.15, 0.2) is 47.6 Å². The molecule has 2 aromatic rings. The highest BCUT2D eigenvalue weighted by molar-refractivity contribution is 5.78. The molecule has 0 atom stereocenters. The lowest BCUT2D eigenvalue weighted by Crippen LogP contribution is -2.40. The fraction of sp³-hybridized carbons (Fsp3) is 0.429. The van der Waals surface area contributed by atoms with Gasteiger partial charge in [0, 0.05) is 24.8 Å². The maximum absolute atomic E-state index is 6.17. The Bertz CT molecular complexity index is 757. The molecule has 0 radical (unpaired) electrons. The zero-order chi connectivity index (χ0) is 18.9. The van der Waals surface area contributed by atoms with Crippen LogP contribution in [0.2, 0.25) is 0 Å². The third kappa shape index (κ3) is 5.36. The maximum Gasteiger partial charge on any atom is 0.224 e. The van der Waals surface area contributed by atoms with E-state index in [0.29, 0.717) is 36.5 Å². The van der Waals surface area contributed by atoms with Crippen molar-refractivity contribution in [2.45, 2.75) is 39.2 Å². The smallest absolute Gasteiger partial charge is 0.224 e. The third-order valence-corrected chi connectivity index (χ3v) is 4.46. The van der Waals surface area contributed by atoms with Crippen LogP contribution in [-0.4, -0.2) is 35.5 Å². The van der Waals surface area contributed by atoms with Crippen LogP contribution >= 0.6 is 0 Å². The Hall–Kier alpha value is -2.76. The number of hydrogen-bond donors (Lipinski definition) is 1. The lowest BCUT2D eigenvalue weighted by molar-refractivity contribution is 0.300. The summed E-state index contributed by atoms with van der Waals surface area (Å²) in [6.07, 6.45) is 6.27. The minimum atomic E-state index is 0.434. The molecule has 1 fully saturated rings. The number of aliphatic imine (C=N–C) groups is 1. The number of nitrogens with zero attached hydrogens (tertiary/aromatic N) is 3. The van der Waals surface area contributed by atoms with Crippen LogP contribution in [0.25, 0.3) is 0 Å². The number of pyridine rings is 1. The number of hydrogen-bond acceptors (Lipinski definition) is 4. The predicted octanol–water partition coefficient (Wildman–Crippen LogP) is 3.96. The van der Waals surface area contributed by atoms with Gasteiger partial charge < -0.3 is 20.1 Å². The van der Waals surface area contributed by atoms with E-state index in [9.17, 15) is 0 Å². The predicted molar refractivity (Wildman–Crippen MR) is 107 cm³/mol. The lowest BCUT2D eigenvalue weighted by Gasteiger charge is -2.27. The molecule has 3 rings (SSSR count). The summed E-state index contributed by atoms with van der Waals surface area (Å²) in [5, 5.41) is 0. The second-order valence-electron chi connectivity index (χ2n) is 6.59. The summed E-state index contributed by atoms with van der Waals surface area (Å²) < 4.78 is 11.8. The molecule has 0 bridgehead atoms. The molecule has 1 aliphatic rings. The molecular formula is C21H28N4O2. The maximum atomic E-state index is 6.17. The van der Waals surface area contributed by atoms with Crippen molar-refractivity contribution < 1.29 is 9.47 Å². The second-order valence-corrected chi connectivity index (χ2v) is 6.59. The summed E-state index contributed by atoms with van der Waals surface area (Å²) in [6, 6.07) is 11.5. The average molecular weight is 368 g/mol. The van der Waals surface area contributed by atoms with Gasteiger partial charge in [0.2, 0.25) is 5.88 Å². The second kappa shape index (κ2) is 9.80. The Balaban J connectivity index is 1.73. The Morgan fingerprint density at radius 1 is 1.11 bits per heavy atom. The molecule has 2 N–H and O–H groups in total. The summed E-state index contributed by atoms with van der Waals surface area (Å²) in [6.45, 7) is 5.11. The number of guanidine groups is 1. The fourth-order valence-corrected chi connectivity index (χ4v) is 3.00. The standard InChI is InChI=1S/C21H28N4O2/c1-2-15-26-18-10-4-5-11-19(18)27-20-17(9-8-12-23-20)16-24-21(22)25-13-6-3-7-14-25/h4-5,8-12H,2-3,6-7,13-16H2,1H3,(H2,22,24). The molecule has 0 spiro atoms. The van der Waals surface area contributed by atoms with Crippen LogP contribution in [0, 0.1) is 0 Å². The molecule has 6 heteroatoms. The van der Waals surface area contributed by atoms with Crippen LogP contribution < -0.4 is 15.2 Å². The number of para-hydroxylation sites is 2. The quantitative estimate of drug-likeness (QED) is 0.591. The van der Waals surface area contributed by atoms with E-state index in [2.05, 4.69) is 21.8 Å².